The molecule has 1 aliphatic heterocycles. The standard InChI is InChI=1S/C24H15F2N5O2/c1-2-14-3-5-17(8-21(14)25)33-18-12-30(13-18)22-6-4-15(10-28-22)19-7-16(32)11-31-23(19)20(9-27)24(26)29-31/h1,3-8,10-11,18,32H,12-13H2. The number of aromatic nitrogens is 3. The van der Waals surface area contributed by atoms with Gasteiger partial charge in [-0.1, -0.05) is 5.92 Å². The molecular formula is C24H15F2N5O2. The summed E-state index contributed by atoms with van der Waals surface area (Å²) in [6.45, 7) is 1.13. The number of terminal acetylenes is 1. The molecule has 1 N–H and O–H groups in total. The molecule has 162 valence electrons. The van der Waals surface area contributed by atoms with Gasteiger partial charge in [-0.25, -0.2) is 13.9 Å². The Bertz CT molecular complexity index is 1460. The molecule has 5 rings (SSSR count). The first-order chi connectivity index (χ1) is 16.0. The summed E-state index contributed by atoms with van der Waals surface area (Å²) in [6.07, 6.45) is 7.92. The lowest BCUT2D eigenvalue weighted by molar-refractivity contribution is 0.166. The van der Waals surface area contributed by atoms with Crippen LogP contribution in [0.25, 0.3) is 16.6 Å². The monoisotopic (exact) mass is 443 g/mol. The molecule has 0 saturated carbocycles. The zero-order valence-corrected chi connectivity index (χ0v) is 17.0. The van der Waals surface area contributed by atoms with Crippen LogP contribution in [0.2, 0.25) is 0 Å². The maximum Gasteiger partial charge on any atom is 0.251 e. The van der Waals surface area contributed by atoms with E-state index in [-0.39, 0.29) is 28.5 Å². The molecule has 0 atom stereocenters. The molecule has 9 heteroatoms. The van der Waals surface area contributed by atoms with Crippen LogP contribution in [0.15, 0.2) is 48.8 Å². The summed E-state index contributed by atoms with van der Waals surface area (Å²) in [5.74, 6) is 1.85. The van der Waals surface area contributed by atoms with Gasteiger partial charge in [0.2, 0.25) is 0 Å². The van der Waals surface area contributed by atoms with Gasteiger partial charge in [0.25, 0.3) is 5.95 Å². The first-order valence-electron chi connectivity index (χ1n) is 9.92. The lowest BCUT2D eigenvalue weighted by Gasteiger charge is -2.39. The van der Waals surface area contributed by atoms with Crippen molar-refractivity contribution in [3.63, 3.8) is 0 Å². The van der Waals surface area contributed by atoms with Crippen molar-refractivity contribution in [3.8, 4) is 41.0 Å². The van der Waals surface area contributed by atoms with E-state index in [9.17, 15) is 19.1 Å². The van der Waals surface area contributed by atoms with Gasteiger partial charge < -0.3 is 14.7 Å². The summed E-state index contributed by atoms with van der Waals surface area (Å²) < 4.78 is 34.7. The van der Waals surface area contributed by atoms with Crippen molar-refractivity contribution in [2.75, 3.05) is 18.0 Å². The van der Waals surface area contributed by atoms with Gasteiger partial charge in [0.05, 0.1) is 30.4 Å². The molecule has 7 nitrogen and oxygen atoms in total. The van der Waals surface area contributed by atoms with Crippen LogP contribution in [0.3, 0.4) is 0 Å². The van der Waals surface area contributed by atoms with E-state index in [0.717, 1.165) is 4.52 Å². The van der Waals surface area contributed by atoms with Crippen LogP contribution in [0.1, 0.15) is 11.1 Å². The summed E-state index contributed by atoms with van der Waals surface area (Å²) >= 11 is 0. The number of nitrogens with zero attached hydrogens (tertiary/aromatic N) is 5. The Kier molecular flexibility index (Phi) is 4.80. The van der Waals surface area contributed by atoms with Gasteiger partial charge in [-0.3, -0.25) is 0 Å². The van der Waals surface area contributed by atoms with Gasteiger partial charge >= 0.3 is 0 Å². The first kappa shape index (κ1) is 20.3. The molecular weight excluding hydrogens is 428 g/mol. The number of rotatable bonds is 4. The maximum absolute atomic E-state index is 14.0. The van der Waals surface area contributed by atoms with Crippen molar-refractivity contribution in [2.24, 2.45) is 0 Å². The van der Waals surface area contributed by atoms with E-state index >= 15 is 0 Å². The van der Waals surface area contributed by atoms with E-state index in [0.29, 0.717) is 35.8 Å². The topological polar surface area (TPSA) is 86.7 Å². The Morgan fingerprint density at radius 3 is 2.67 bits per heavy atom. The number of benzene rings is 1. The molecule has 4 heterocycles. The Balaban J connectivity index is 1.32. The molecule has 1 aliphatic rings. The first-order valence-corrected chi connectivity index (χ1v) is 9.92. The van der Waals surface area contributed by atoms with Gasteiger partial charge in [-0.15, -0.1) is 11.5 Å². The van der Waals surface area contributed by atoms with E-state index in [2.05, 4.69) is 16.0 Å². The molecule has 1 aromatic carbocycles. The number of ether oxygens (including phenoxy) is 1. The molecule has 4 aromatic rings. The summed E-state index contributed by atoms with van der Waals surface area (Å²) in [5, 5.41) is 22.9. The van der Waals surface area contributed by atoms with Gasteiger partial charge in [0.15, 0.2) is 0 Å². The summed E-state index contributed by atoms with van der Waals surface area (Å²) in [5.41, 5.74) is 1.26. The second kappa shape index (κ2) is 7.81. The van der Waals surface area contributed by atoms with Crippen LogP contribution >= 0.6 is 0 Å². The van der Waals surface area contributed by atoms with Gasteiger partial charge in [0, 0.05) is 23.4 Å². The van der Waals surface area contributed by atoms with E-state index < -0.39 is 11.8 Å². The third-order valence-electron chi connectivity index (χ3n) is 5.41. The second-order valence-corrected chi connectivity index (χ2v) is 7.52. The highest BCUT2D eigenvalue weighted by Gasteiger charge is 2.30. The summed E-state index contributed by atoms with van der Waals surface area (Å²) in [6, 6.07) is 11.2. The molecule has 0 bridgehead atoms. The third kappa shape index (κ3) is 3.56. The molecule has 0 amide bonds. The molecule has 1 fully saturated rings. The van der Waals surface area contributed by atoms with Crippen molar-refractivity contribution < 1.29 is 18.6 Å². The van der Waals surface area contributed by atoms with Crippen LogP contribution in [0.5, 0.6) is 11.5 Å². The zero-order chi connectivity index (χ0) is 23.1. The average molecular weight is 443 g/mol. The largest absolute Gasteiger partial charge is 0.506 e. The zero-order valence-electron chi connectivity index (χ0n) is 17.0. The number of hydrogen-bond acceptors (Lipinski definition) is 6. The highest BCUT2D eigenvalue weighted by atomic mass is 19.1. The SMILES string of the molecule is C#Cc1ccc(OC2CN(c3ccc(-c4cc(O)cn5nc(F)c(C#N)c45)cn3)C2)cc1F. The van der Waals surface area contributed by atoms with Crippen LogP contribution in [0.4, 0.5) is 14.6 Å². The van der Waals surface area contributed by atoms with Crippen molar-refractivity contribution >= 4 is 11.3 Å². The van der Waals surface area contributed by atoms with E-state index in [1.54, 1.807) is 24.4 Å². The minimum atomic E-state index is -0.908. The fourth-order valence-corrected chi connectivity index (χ4v) is 3.77. The molecule has 0 aliphatic carbocycles. The van der Waals surface area contributed by atoms with E-state index in [1.165, 1.54) is 24.4 Å². The summed E-state index contributed by atoms with van der Waals surface area (Å²) in [4.78, 5) is 6.44. The predicted octanol–water partition coefficient (Wildman–Crippen LogP) is 3.50. The number of anilines is 1. The Labute approximate surface area is 187 Å². The second-order valence-electron chi connectivity index (χ2n) is 7.52. The minimum Gasteiger partial charge on any atom is -0.506 e. The van der Waals surface area contributed by atoms with Gasteiger partial charge in [0.1, 0.15) is 40.9 Å². The van der Waals surface area contributed by atoms with Crippen LogP contribution in [-0.2, 0) is 0 Å². The van der Waals surface area contributed by atoms with Crippen molar-refractivity contribution in [1.29, 1.82) is 5.26 Å². The molecule has 0 spiro atoms. The third-order valence-corrected chi connectivity index (χ3v) is 5.41. The fourth-order valence-electron chi connectivity index (χ4n) is 3.77. The van der Waals surface area contributed by atoms with Crippen molar-refractivity contribution in [2.45, 2.75) is 6.10 Å². The lowest BCUT2D eigenvalue weighted by atomic mass is 10.0. The number of pyridine rings is 2. The molecule has 1 saturated heterocycles. The Morgan fingerprint density at radius 1 is 1.18 bits per heavy atom. The average Bonchev–Trinajstić information content (AvgIpc) is 3.10. The molecule has 0 radical (unpaired) electrons. The minimum absolute atomic E-state index is 0.122. The molecule has 0 unspecified atom stereocenters. The predicted molar refractivity (Wildman–Crippen MR) is 116 cm³/mol. The quantitative estimate of drug-likeness (QED) is 0.486. The van der Waals surface area contributed by atoms with Crippen molar-refractivity contribution in [3.05, 3.63) is 71.7 Å². The number of aromatic hydroxyl groups is 1. The highest BCUT2D eigenvalue weighted by molar-refractivity contribution is 5.85. The maximum atomic E-state index is 14.0. The fraction of sp³-hybridized carbons (Fsp3) is 0.125. The Hall–Kier alpha value is -4.63. The molecule has 3 aromatic heterocycles. The van der Waals surface area contributed by atoms with Gasteiger partial charge in [-0.2, -0.15) is 9.65 Å². The number of halogens is 2. The van der Waals surface area contributed by atoms with Gasteiger partial charge in [-0.05, 0) is 30.3 Å². The van der Waals surface area contributed by atoms with Crippen LogP contribution < -0.4 is 9.64 Å². The Morgan fingerprint density at radius 2 is 2.00 bits per heavy atom. The van der Waals surface area contributed by atoms with Crippen molar-refractivity contribution in [1.82, 2.24) is 14.6 Å². The lowest BCUT2D eigenvalue weighted by Crippen LogP contribution is -2.54. The van der Waals surface area contributed by atoms with Crippen LogP contribution in [-0.4, -0.2) is 38.9 Å². The van der Waals surface area contributed by atoms with E-state index in [4.69, 9.17) is 11.2 Å². The number of fused-ring (bicyclic) bond motifs is 1. The molecule has 33 heavy (non-hydrogen) atoms. The highest BCUT2D eigenvalue weighted by Crippen LogP contribution is 2.32. The van der Waals surface area contributed by atoms with E-state index in [1.807, 2.05) is 11.0 Å². The normalized spacial score (nSPS) is 13.4. The van der Waals surface area contributed by atoms with Crippen LogP contribution in [0, 0.1) is 35.4 Å². The smallest absolute Gasteiger partial charge is 0.251 e. The number of hydrogen-bond donors (Lipinski definition) is 1. The number of nitriles is 1. The summed E-state index contributed by atoms with van der Waals surface area (Å²) in [7, 11) is 0.